The van der Waals surface area contributed by atoms with Gasteiger partial charge in [0.25, 0.3) is 10.1 Å². The van der Waals surface area contributed by atoms with Crippen LogP contribution in [0.2, 0.25) is 0 Å². The van der Waals surface area contributed by atoms with E-state index in [-0.39, 0.29) is 6.42 Å². The summed E-state index contributed by atoms with van der Waals surface area (Å²) >= 11 is 1.43. The van der Waals surface area contributed by atoms with Gasteiger partial charge in [0, 0.05) is 6.54 Å². The molecule has 0 heterocycles. The van der Waals surface area contributed by atoms with Crippen molar-refractivity contribution in [1.29, 1.82) is 0 Å². The van der Waals surface area contributed by atoms with Gasteiger partial charge in [-0.05, 0) is 24.9 Å². The lowest BCUT2D eigenvalue weighted by atomic mass is 10.3. The monoisotopic (exact) mass is 255 g/mol. The second-order valence-electron chi connectivity index (χ2n) is 3.08. The third kappa shape index (κ3) is 6.01. The Labute approximate surface area is 94.8 Å². The Bertz CT molecular complexity index is 289. The Balaban J connectivity index is 4.42. The highest BCUT2D eigenvalue weighted by Crippen LogP contribution is 2.08. The van der Waals surface area contributed by atoms with Crippen LogP contribution in [0.25, 0.3) is 0 Å². The molecule has 0 radical (unpaired) electrons. The molecule has 0 aromatic rings. The molecule has 0 bridgehead atoms. The van der Waals surface area contributed by atoms with Crippen LogP contribution in [-0.2, 0) is 14.9 Å². The molecule has 5 nitrogen and oxygen atoms in total. The van der Waals surface area contributed by atoms with Crippen molar-refractivity contribution in [3.63, 3.8) is 0 Å². The molecule has 0 aliphatic rings. The lowest BCUT2D eigenvalue weighted by Gasteiger charge is -2.12. The smallest absolute Gasteiger partial charge is 0.276 e. The minimum absolute atomic E-state index is 0.134. The van der Waals surface area contributed by atoms with E-state index in [4.69, 9.17) is 4.55 Å². The Morgan fingerprint density at radius 2 is 2.13 bits per heavy atom. The van der Waals surface area contributed by atoms with E-state index >= 15 is 0 Å². The molecule has 90 valence electrons. The Morgan fingerprint density at radius 1 is 1.53 bits per heavy atom. The van der Waals surface area contributed by atoms with Gasteiger partial charge in [-0.25, -0.2) is 0 Å². The Hall–Kier alpha value is -0.270. The molecule has 0 rings (SSSR count). The van der Waals surface area contributed by atoms with Crippen molar-refractivity contribution >= 4 is 27.8 Å². The highest BCUT2D eigenvalue weighted by molar-refractivity contribution is 7.98. The first kappa shape index (κ1) is 14.7. The Morgan fingerprint density at radius 3 is 2.53 bits per heavy atom. The summed E-state index contributed by atoms with van der Waals surface area (Å²) in [6, 6.07) is 0. The molecule has 2 N–H and O–H groups in total. The molecule has 0 aromatic carbocycles. The number of carbonyl (C=O) groups excluding carboxylic acids is 1. The van der Waals surface area contributed by atoms with Crippen LogP contribution in [0.1, 0.15) is 19.8 Å². The van der Waals surface area contributed by atoms with Crippen LogP contribution < -0.4 is 5.32 Å². The van der Waals surface area contributed by atoms with Crippen molar-refractivity contribution in [3.8, 4) is 0 Å². The third-order valence-electron chi connectivity index (χ3n) is 1.79. The Kier molecular flexibility index (Phi) is 6.95. The summed E-state index contributed by atoms with van der Waals surface area (Å²) in [5.41, 5.74) is 0. The van der Waals surface area contributed by atoms with Crippen LogP contribution in [0.15, 0.2) is 0 Å². The topological polar surface area (TPSA) is 83.5 Å². The van der Waals surface area contributed by atoms with Gasteiger partial charge in [0.2, 0.25) is 5.91 Å². The minimum Gasteiger partial charge on any atom is -0.355 e. The SMILES string of the molecule is CCCNC(=O)C(CCSC)S(=O)(=O)O. The van der Waals surface area contributed by atoms with Gasteiger partial charge in [-0.2, -0.15) is 20.2 Å². The largest absolute Gasteiger partial charge is 0.355 e. The fourth-order valence-electron chi connectivity index (χ4n) is 1.00. The fourth-order valence-corrected chi connectivity index (χ4v) is 2.39. The average molecular weight is 255 g/mol. The summed E-state index contributed by atoms with van der Waals surface area (Å²) in [7, 11) is -4.29. The van der Waals surface area contributed by atoms with E-state index in [9.17, 15) is 13.2 Å². The summed E-state index contributed by atoms with van der Waals surface area (Å²) in [6.45, 7) is 2.29. The van der Waals surface area contributed by atoms with Gasteiger partial charge in [-0.1, -0.05) is 6.92 Å². The predicted octanol–water partition coefficient (Wildman–Crippen LogP) is 0.522. The lowest BCUT2D eigenvalue weighted by molar-refractivity contribution is -0.120. The summed E-state index contributed by atoms with van der Waals surface area (Å²) in [5, 5.41) is 1.12. The first-order valence-electron chi connectivity index (χ1n) is 4.66. The lowest BCUT2D eigenvalue weighted by Crippen LogP contribution is -2.40. The molecule has 1 amide bonds. The van der Waals surface area contributed by atoms with Crippen molar-refractivity contribution in [3.05, 3.63) is 0 Å². The number of thioether (sulfide) groups is 1. The highest BCUT2D eigenvalue weighted by Gasteiger charge is 2.29. The molecular weight excluding hydrogens is 238 g/mol. The molecule has 7 heteroatoms. The maximum Gasteiger partial charge on any atom is 0.276 e. The van der Waals surface area contributed by atoms with E-state index in [2.05, 4.69) is 5.32 Å². The first-order valence-corrected chi connectivity index (χ1v) is 7.56. The van der Waals surface area contributed by atoms with Crippen LogP contribution in [-0.4, -0.2) is 42.7 Å². The second-order valence-corrected chi connectivity index (χ2v) is 5.66. The van der Waals surface area contributed by atoms with E-state index in [1.54, 1.807) is 0 Å². The molecule has 0 spiro atoms. The molecule has 15 heavy (non-hydrogen) atoms. The standard InChI is InChI=1S/C8H17NO4S2/c1-3-5-9-8(10)7(4-6-14-2)15(11,12)13/h7H,3-6H2,1-2H3,(H,9,10)(H,11,12,13). The van der Waals surface area contributed by atoms with Crippen LogP contribution in [0, 0.1) is 0 Å². The maximum absolute atomic E-state index is 11.4. The highest BCUT2D eigenvalue weighted by atomic mass is 32.2. The molecule has 0 aliphatic heterocycles. The summed E-state index contributed by atoms with van der Waals surface area (Å²) in [4.78, 5) is 11.4. The first-order chi connectivity index (χ1) is 6.93. The number of carbonyl (C=O) groups is 1. The maximum atomic E-state index is 11.4. The second kappa shape index (κ2) is 7.08. The quantitative estimate of drug-likeness (QED) is 0.648. The average Bonchev–Trinajstić information content (AvgIpc) is 2.13. The molecule has 0 aliphatic carbocycles. The van der Waals surface area contributed by atoms with E-state index in [0.29, 0.717) is 12.3 Å². The van der Waals surface area contributed by atoms with Gasteiger partial charge in [0.1, 0.15) is 0 Å². The van der Waals surface area contributed by atoms with Gasteiger partial charge < -0.3 is 5.32 Å². The number of hydrogen-bond donors (Lipinski definition) is 2. The van der Waals surface area contributed by atoms with E-state index < -0.39 is 21.3 Å². The van der Waals surface area contributed by atoms with Gasteiger partial charge in [0.15, 0.2) is 5.25 Å². The van der Waals surface area contributed by atoms with Gasteiger partial charge in [-0.15, -0.1) is 0 Å². The van der Waals surface area contributed by atoms with Crippen molar-refractivity contribution in [2.24, 2.45) is 0 Å². The minimum atomic E-state index is -4.29. The van der Waals surface area contributed by atoms with Gasteiger partial charge in [0.05, 0.1) is 0 Å². The predicted molar refractivity (Wildman–Crippen MR) is 61.6 cm³/mol. The zero-order chi connectivity index (χ0) is 11.9. The van der Waals surface area contributed by atoms with Gasteiger partial charge in [-0.3, -0.25) is 9.35 Å². The summed E-state index contributed by atoms with van der Waals surface area (Å²) in [6.07, 6.45) is 2.67. The van der Waals surface area contributed by atoms with Crippen LogP contribution in [0.3, 0.4) is 0 Å². The van der Waals surface area contributed by atoms with E-state index in [1.807, 2.05) is 13.2 Å². The number of amides is 1. The summed E-state index contributed by atoms with van der Waals surface area (Å²) < 4.78 is 30.7. The van der Waals surface area contributed by atoms with Crippen LogP contribution in [0.5, 0.6) is 0 Å². The molecule has 0 saturated carbocycles. The van der Waals surface area contributed by atoms with Crippen LogP contribution >= 0.6 is 11.8 Å². The van der Waals surface area contributed by atoms with Crippen molar-refractivity contribution in [1.82, 2.24) is 5.32 Å². The molecular formula is C8H17NO4S2. The molecule has 1 atom stereocenters. The van der Waals surface area contributed by atoms with Crippen molar-refractivity contribution in [2.45, 2.75) is 25.0 Å². The van der Waals surface area contributed by atoms with Crippen molar-refractivity contribution in [2.75, 3.05) is 18.6 Å². The number of hydrogen-bond acceptors (Lipinski definition) is 4. The molecule has 0 saturated heterocycles. The fraction of sp³-hybridized carbons (Fsp3) is 0.875. The molecule has 1 unspecified atom stereocenters. The normalized spacial score (nSPS) is 13.5. The molecule has 0 fully saturated rings. The zero-order valence-corrected chi connectivity index (χ0v) is 10.5. The van der Waals surface area contributed by atoms with E-state index in [1.165, 1.54) is 11.8 Å². The number of rotatable bonds is 7. The number of nitrogens with one attached hydrogen (secondary N) is 1. The van der Waals surface area contributed by atoms with Crippen molar-refractivity contribution < 1.29 is 17.8 Å². The zero-order valence-electron chi connectivity index (χ0n) is 8.89. The van der Waals surface area contributed by atoms with E-state index in [0.717, 1.165) is 6.42 Å². The van der Waals surface area contributed by atoms with Crippen LogP contribution in [0.4, 0.5) is 0 Å². The summed E-state index contributed by atoms with van der Waals surface area (Å²) in [5.74, 6) is -0.0994. The van der Waals surface area contributed by atoms with Gasteiger partial charge >= 0.3 is 0 Å². The third-order valence-corrected chi connectivity index (χ3v) is 3.60. The molecule has 0 aromatic heterocycles.